The van der Waals surface area contributed by atoms with E-state index in [1.807, 2.05) is 19.1 Å². The van der Waals surface area contributed by atoms with Gasteiger partial charge in [-0.1, -0.05) is 30.3 Å². The van der Waals surface area contributed by atoms with E-state index in [0.717, 1.165) is 36.6 Å². The maximum Gasteiger partial charge on any atom is 0.272 e. The molecular weight excluding hydrogens is 326 g/mol. The van der Waals surface area contributed by atoms with Gasteiger partial charge in [0.1, 0.15) is 11.5 Å². The van der Waals surface area contributed by atoms with Crippen LogP contribution < -0.4 is 10.2 Å². The van der Waals surface area contributed by atoms with Crippen molar-refractivity contribution in [2.45, 2.75) is 26.4 Å². The molecule has 0 fully saturated rings. The van der Waals surface area contributed by atoms with Crippen molar-refractivity contribution in [2.75, 3.05) is 11.4 Å². The fourth-order valence-corrected chi connectivity index (χ4v) is 3.33. The molecule has 0 radical (unpaired) electrons. The molecule has 6 heteroatoms. The Morgan fingerprint density at radius 2 is 2.08 bits per heavy atom. The van der Waals surface area contributed by atoms with E-state index in [0.29, 0.717) is 12.2 Å². The molecular formula is C20H21N5O. The van der Waals surface area contributed by atoms with E-state index in [4.69, 9.17) is 0 Å². The minimum Gasteiger partial charge on any atom is -0.352 e. The van der Waals surface area contributed by atoms with Gasteiger partial charge in [-0.3, -0.25) is 9.89 Å². The maximum absolute atomic E-state index is 12.3. The van der Waals surface area contributed by atoms with Gasteiger partial charge in [0.15, 0.2) is 0 Å². The van der Waals surface area contributed by atoms with Gasteiger partial charge in [0.2, 0.25) is 0 Å². The van der Waals surface area contributed by atoms with Crippen LogP contribution in [-0.2, 0) is 19.5 Å². The first-order valence-corrected chi connectivity index (χ1v) is 8.76. The lowest BCUT2D eigenvalue weighted by Crippen LogP contribution is -2.32. The topological polar surface area (TPSA) is 73.9 Å². The summed E-state index contributed by atoms with van der Waals surface area (Å²) in [5.74, 6) is 0.744. The van der Waals surface area contributed by atoms with E-state index in [1.54, 1.807) is 12.3 Å². The predicted octanol–water partition coefficient (Wildman–Crippen LogP) is 2.61. The van der Waals surface area contributed by atoms with Crippen LogP contribution in [0.1, 0.15) is 32.9 Å². The molecule has 0 saturated carbocycles. The molecule has 132 valence electrons. The third-order valence-corrected chi connectivity index (χ3v) is 4.68. The quantitative estimate of drug-likeness (QED) is 0.761. The second-order valence-electron chi connectivity index (χ2n) is 6.55. The van der Waals surface area contributed by atoms with Crippen LogP contribution in [0.2, 0.25) is 0 Å². The molecule has 0 saturated heterocycles. The lowest BCUT2D eigenvalue weighted by molar-refractivity contribution is 0.0946. The van der Waals surface area contributed by atoms with Gasteiger partial charge in [-0.15, -0.1) is 0 Å². The summed E-state index contributed by atoms with van der Waals surface area (Å²) in [6, 6.07) is 14.2. The highest BCUT2D eigenvalue weighted by molar-refractivity contribution is 5.92. The van der Waals surface area contributed by atoms with E-state index in [-0.39, 0.29) is 5.91 Å². The summed E-state index contributed by atoms with van der Waals surface area (Å²) in [6.45, 7) is 4.06. The minimum absolute atomic E-state index is 0.187. The monoisotopic (exact) mass is 347 g/mol. The molecule has 1 aliphatic heterocycles. The normalized spacial score (nSPS) is 13.3. The van der Waals surface area contributed by atoms with E-state index in [9.17, 15) is 4.79 Å². The zero-order valence-corrected chi connectivity index (χ0v) is 14.7. The predicted molar refractivity (Wildman–Crippen MR) is 99.9 cm³/mol. The van der Waals surface area contributed by atoms with Crippen molar-refractivity contribution in [3.05, 3.63) is 76.7 Å². The summed E-state index contributed by atoms with van der Waals surface area (Å²) in [5.41, 5.74) is 5.02. The number of fused-ring (bicyclic) bond motifs is 1. The van der Waals surface area contributed by atoms with Crippen molar-refractivity contribution in [3.8, 4) is 0 Å². The fourth-order valence-electron chi connectivity index (χ4n) is 3.33. The Bertz CT molecular complexity index is 933. The maximum atomic E-state index is 12.3. The van der Waals surface area contributed by atoms with Crippen LogP contribution in [0.5, 0.6) is 0 Å². The first kappa shape index (κ1) is 16.3. The van der Waals surface area contributed by atoms with Gasteiger partial charge in [-0.2, -0.15) is 5.10 Å². The number of pyridine rings is 1. The Hall–Kier alpha value is -3.15. The number of anilines is 1. The highest BCUT2D eigenvalue weighted by Crippen LogP contribution is 2.25. The number of carbonyl (C=O) groups is 1. The van der Waals surface area contributed by atoms with Crippen LogP contribution in [0.15, 0.2) is 48.7 Å². The molecule has 3 heterocycles. The number of nitrogens with one attached hydrogen (secondary N) is 2. The smallest absolute Gasteiger partial charge is 0.272 e. The van der Waals surface area contributed by atoms with E-state index in [2.05, 4.69) is 49.7 Å². The molecule has 2 aromatic heterocycles. The van der Waals surface area contributed by atoms with Crippen LogP contribution in [0.4, 0.5) is 5.82 Å². The largest absolute Gasteiger partial charge is 0.352 e. The highest BCUT2D eigenvalue weighted by Gasteiger charge is 2.19. The summed E-state index contributed by atoms with van der Waals surface area (Å²) in [4.78, 5) is 19.1. The molecule has 0 bridgehead atoms. The number of aromatic amines is 1. The lowest BCUT2D eigenvalue weighted by atomic mass is 9.99. The molecule has 3 aromatic rings. The molecule has 1 aromatic carbocycles. The minimum atomic E-state index is -0.187. The summed E-state index contributed by atoms with van der Waals surface area (Å²) >= 11 is 0. The number of H-pyrrole nitrogens is 1. The Morgan fingerprint density at radius 1 is 1.23 bits per heavy atom. The van der Waals surface area contributed by atoms with Gasteiger partial charge in [0.05, 0.1) is 0 Å². The first-order chi connectivity index (χ1) is 12.7. The summed E-state index contributed by atoms with van der Waals surface area (Å²) in [6.07, 6.45) is 2.81. The molecule has 0 atom stereocenters. The third-order valence-electron chi connectivity index (χ3n) is 4.68. The molecule has 0 unspecified atom stereocenters. The summed E-state index contributed by atoms with van der Waals surface area (Å²) in [5, 5.41) is 9.73. The molecule has 26 heavy (non-hydrogen) atoms. The number of nitrogens with zero attached hydrogens (tertiary/aromatic N) is 3. The van der Waals surface area contributed by atoms with Crippen LogP contribution in [0.25, 0.3) is 0 Å². The fraction of sp³-hybridized carbons (Fsp3) is 0.250. The lowest BCUT2D eigenvalue weighted by Gasteiger charge is -2.31. The van der Waals surface area contributed by atoms with E-state index < -0.39 is 0 Å². The van der Waals surface area contributed by atoms with Gasteiger partial charge in [-0.05, 0) is 36.6 Å². The van der Waals surface area contributed by atoms with Crippen molar-refractivity contribution in [3.63, 3.8) is 0 Å². The summed E-state index contributed by atoms with van der Waals surface area (Å²) < 4.78 is 0. The number of hydrogen-bond acceptors (Lipinski definition) is 4. The van der Waals surface area contributed by atoms with E-state index in [1.165, 1.54) is 11.1 Å². The van der Waals surface area contributed by atoms with Gasteiger partial charge in [-0.25, -0.2) is 4.98 Å². The van der Waals surface area contributed by atoms with Crippen LogP contribution in [0.3, 0.4) is 0 Å². The Kier molecular flexibility index (Phi) is 4.39. The van der Waals surface area contributed by atoms with Crippen molar-refractivity contribution >= 4 is 11.7 Å². The number of aromatic nitrogens is 3. The number of hydrogen-bond donors (Lipinski definition) is 2. The SMILES string of the molecule is Cc1cc(C(=O)NCc2cccnc2N2CCc3ccccc3C2)n[nH]1. The number of carbonyl (C=O) groups excluding carboxylic acids is 1. The number of benzene rings is 1. The van der Waals surface area contributed by atoms with Gasteiger partial charge in [0, 0.05) is 37.1 Å². The second-order valence-corrected chi connectivity index (χ2v) is 6.55. The van der Waals surface area contributed by atoms with E-state index >= 15 is 0 Å². The number of aryl methyl sites for hydroxylation is 1. The third kappa shape index (κ3) is 3.31. The standard InChI is InChI=1S/C20H21N5O/c1-14-11-18(24-23-14)20(26)22-12-16-7-4-9-21-19(16)25-10-8-15-5-2-3-6-17(15)13-25/h2-7,9,11H,8,10,12-13H2,1H3,(H,22,26)(H,23,24). The Labute approximate surface area is 152 Å². The number of rotatable bonds is 4. The Morgan fingerprint density at radius 3 is 2.88 bits per heavy atom. The second kappa shape index (κ2) is 7.00. The summed E-state index contributed by atoms with van der Waals surface area (Å²) in [7, 11) is 0. The average Bonchev–Trinajstić information content (AvgIpc) is 3.12. The van der Waals surface area contributed by atoms with Crippen LogP contribution >= 0.6 is 0 Å². The molecule has 0 spiro atoms. The molecule has 4 rings (SSSR count). The molecule has 6 nitrogen and oxygen atoms in total. The average molecular weight is 347 g/mol. The Balaban J connectivity index is 1.50. The zero-order chi connectivity index (χ0) is 17.9. The van der Waals surface area contributed by atoms with Crippen molar-refractivity contribution in [1.82, 2.24) is 20.5 Å². The molecule has 1 amide bonds. The van der Waals surface area contributed by atoms with Crippen molar-refractivity contribution in [2.24, 2.45) is 0 Å². The number of amides is 1. The van der Waals surface area contributed by atoms with Gasteiger partial charge >= 0.3 is 0 Å². The van der Waals surface area contributed by atoms with Crippen LogP contribution in [-0.4, -0.2) is 27.6 Å². The van der Waals surface area contributed by atoms with Gasteiger partial charge < -0.3 is 10.2 Å². The van der Waals surface area contributed by atoms with Gasteiger partial charge in [0.25, 0.3) is 5.91 Å². The molecule has 2 N–H and O–H groups in total. The van der Waals surface area contributed by atoms with Crippen LogP contribution in [0, 0.1) is 6.92 Å². The van der Waals surface area contributed by atoms with Crippen molar-refractivity contribution < 1.29 is 4.79 Å². The molecule has 0 aliphatic carbocycles. The van der Waals surface area contributed by atoms with Crippen molar-refractivity contribution in [1.29, 1.82) is 0 Å². The molecule has 1 aliphatic rings. The first-order valence-electron chi connectivity index (χ1n) is 8.76. The highest BCUT2D eigenvalue weighted by atomic mass is 16.1. The zero-order valence-electron chi connectivity index (χ0n) is 14.7.